The van der Waals surface area contributed by atoms with Crippen LogP contribution in [0.25, 0.3) is 0 Å². The second-order valence-corrected chi connectivity index (χ2v) is 9.31. The molecule has 2 heterocycles. The standard InChI is InChI=1S/C22H21ClN2O6S/c23-19-7-6-17(14-20(19)32(27,28)25-9-12-29-13-10-25)24-22(26)21-16(8-11-30-21)15-31-18-4-2-1-3-5-18/h1-8,11,14H,9-10,12-13,15H2,(H,24,26). The van der Waals surface area contributed by atoms with Gasteiger partial charge in [-0.25, -0.2) is 8.42 Å². The highest BCUT2D eigenvalue weighted by Gasteiger charge is 2.29. The van der Waals surface area contributed by atoms with E-state index in [1.165, 1.54) is 28.8 Å². The van der Waals surface area contributed by atoms with E-state index in [9.17, 15) is 13.2 Å². The van der Waals surface area contributed by atoms with Gasteiger partial charge in [-0.2, -0.15) is 4.31 Å². The average Bonchev–Trinajstić information content (AvgIpc) is 3.29. The Morgan fingerprint density at radius 1 is 1.09 bits per heavy atom. The summed E-state index contributed by atoms with van der Waals surface area (Å²) in [6, 6.07) is 15.1. The molecular formula is C22H21ClN2O6S. The maximum Gasteiger partial charge on any atom is 0.291 e. The van der Waals surface area contributed by atoms with Crippen molar-refractivity contribution in [2.24, 2.45) is 0 Å². The maximum atomic E-state index is 13.0. The summed E-state index contributed by atoms with van der Waals surface area (Å²) < 4.78 is 43.5. The SMILES string of the molecule is O=C(Nc1ccc(Cl)c(S(=O)(=O)N2CCOCC2)c1)c1occc1COc1ccccc1. The molecule has 1 N–H and O–H groups in total. The lowest BCUT2D eigenvalue weighted by atomic mass is 10.2. The highest BCUT2D eigenvalue weighted by Crippen LogP contribution is 2.29. The highest BCUT2D eigenvalue weighted by molar-refractivity contribution is 7.89. The number of nitrogens with one attached hydrogen (secondary N) is 1. The van der Waals surface area contributed by atoms with Gasteiger partial charge in [0.15, 0.2) is 5.76 Å². The summed E-state index contributed by atoms with van der Waals surface area (Å²) in [4.78, 5) is 12.7. The van der Waals surface area contributed by atoms with Crippen LogP contribution in [-0.4, -0.2) is 44.9 Å². The normalized spacial score (nSPS) is 14.8. The highest BCUT2D eigenvalue weighted by atomic mass is 35.5. The van der Waals surface area contributed by atoms with Crippen molar-refractivity contribution in [1.29, 1.82) is 0 Å². The molecule has 0 spiro atoms. The van der Waals surface area contributed by atoms with E-state index in [1.807, 2.05) is 30.3 Å². The minimum Gasteiger partial charge on any atom is -0.489 e. The fourth-order valence-corrected chi connectivity index (χ4v) is 5.13. The van der Waals surface area contributed by atoms with Gasteiger partial charge < -0.3 is 19.2 Å². The lowest BCUT2D eigenvalue weighted by Crippen LogP contribution is -2.40. The molecule has 4 rings (SSSR count). The summed E-state index contributed by atoms with van der Waals surface area (Å²) in [5.74, 6) is 0.211. The number of amides is 1. The van der Waals surface area contributed by atoms with Crippen molar-refractivity contribution in [2.45, 2.75) is 11.5 Å². The molecule has 0 saturated carbocycles. The Balaban J connectivity index is 1.50. The van der Waals surface area contributed by atoms with Crippen LogP contribution in [0.5, 0.6) is 5.75 Å². The quantitative estimate of drug-likeness (QED) is 0.557. The first-order chi connectivity index (χ1) is 15.4. The molecule has 1 saturated heterocycles. The molecule has 0 atom stereocenters. The third-order valence-electron chi connectivity index (χ3n) is 4.87. The largest absolute Gasteiger partial charge is 0.489 e. The molecule has 168 valence electrons. The Labute approximate surface area is 190 Å². The Morgan fingerprint density at radius 2 is 1.84 bits per heavy atom. The van der Waals surface area contributed by atoms with Gasteiger partial charge in [0.25, 0.3) is 5.91 Å². The number of anilines is 1. The van der Waals surface area contributed by atoms with Crippen LogP contribution in [0.4, 0.5) is 5.69 Å². The second kappa shape index (κ2) is 9.74. The number of hydrogen-bond acceptors (Lipinski definition) is 6. The van der Waals surface area contributed by atoms with E-state index in [0.717, 1.165) is 0 Å². The Morgan fingerprint density at radius 3 is 2.59 bits per heavy atom. The van der Waals surface area contributed by atoms with E-state index >= 15 is 0 Å². The Bertz CT molecular complexity index is 1190. The van der Waals surface area contributed by atoms with Crippen molar-refractivity contribution < 1.29 is 27.1 Å². The van der Waals surface area contributed by atoms with Crippen molar-refractivity contribution in [3.05, 3.63) is 77.2 Å². The average molecular weight is 477 g/mol. The molecule has 8 nitrogen and oxygen atoms in total. The van der Waals surface area contributed by atoms with Gasteiger partial charge in [-0.1, -0.05) is 29.8 Å². The molecule has 1 aliphatic rings. The fourth-order valence-electron chi connectivity index (χ4n) is 3.22. The molecule has 3 aromatic rings. The van der Waals surface area contributed by atoms with Crippen LogP contribution in [-0.2, 0) is 21.4 Å². The van der Waals surface area contributed by atoms with Crippen molar-refractivity contribution >= 4 is 33.2 Å². The number of para-hydroxylation sites is 1. The molecule has 0 aliphatic carbocycles. The van der Waals surface area contributed by atoms with Gasteiger partial charge in [0.05, 0.1) is 24.5 Å². The number of carbonyl (C=O) groups excluding carboxylic acids is 1. The number of nitrogens with zero attached hydrogens (tertiary/aromatic N) is 1. The second-order valence-electron chi connectivity index (χ2n) is 6.99. The molecule has 10 heteroatoms. The van der Waals surface area contributed by atoms with Gasteiger partial charge in [0.1, 0.15) is 17.3 Å². The fraction of sp³-hybridized carbons (Fsp3) is 0.227. The molecule has 2 aromatic carbocycles. The van der Waals surface area contributed by atoms with Crippen molar-refractivity contribution in [2.75, 3.05) is 31.6 Å². The zero-order valence-electron chi connectivity index (χ0n) is 17.0. The number of morpholine rings is 1. The predicted molar refractivity (Wildman–Crippen MR) is 118 cm³/mol. The Hall–Kier alpha value is -2.85. The van der Waals surface area contributed by atoms with Crippen LogP contribution in [0.2, 0.25) is 5.02 Å². The van der Waals surface area contributed by atoms with Crippen LogP contribution in [0.3, 0.4) is 0 Å². The van der Waals surface area contributed by atoms with Crippen molar-refractivity contribution in [3.8, 4) is 5.75 Å². The minimum atomic E-state index is -3.83. The van der Waals surface area contributed by atoms with Gasteiger partial charge in [0, 0.05) is 24.3 Å². The summed E-state index contributed by atoms with van der Waals surface area (Å²) in [5.41, 5.74) is 0.832. The van der Waals surface area contributed by atoms with Gasteiger partial charge in [0.2, 0.25) is 10.0 Å². The maximum absolute atomic E-state index is 13.0. The molecule has 32 heavy (non-hydrogen) atoms. The number of rotatable bonds is 7. The number of sulfonamides is 1. The zero-order valence-corrected chi connectivity index (χ0v) is 18.6. The number of ether oxygens (including phenoxy) is 2. The van der Waals surface area contributed by atoms with E-state index in [4.69, 9.17) is 25.5 Å². The van der Waals surface area contributed by atoms with Crippen molar-refractivity contribution in [3.63, 3.8) is 0 Å². The molecule has 0 bridgehead atoms. The topological polar surface area (TPSA) is 98.1 Å². The first-order valence-electron chi connectivity index (χ1n) is 9.88. The predicted octanol–water partition coefficient (Wildman–Crippen LogP) is 3.79. The summed E-state index contributed by atoms with van der Waals surface area (Å²) >= 11 is 6.18. The van der Waals surface area contributed by atoms with E-state index in [0.29, 0.717) is 24.5 Å². The summed E-state index contributed by atoms with van der Waals surface area (Å²) in [6.07, 6.45) is 1.40. The van der Waals surface area contributed by atoms with Crippen LogP contribution >= 0.6 is 11.6 Å². The van der Waals surface area contributed by atoms with Crippen LogP contribution in [0, 0.1) is 0 Å². The lowest BCUT2D eigenvalue weighted by Gasteiger charge is -2.26. The van der Waals surface area contributed by atoms with Crippen LogP contribution in [0.1, 0.15) is 16.1 Å². The van der Waals surface area contributed by atoms with E-state index < -0.39 is 15.9 Å². The van der Waals surface area contributed by atoms with Crippen LogP contribution in [0.15, 0.2) is 70.2 Å². The molecule has 0 unspecified atom stereocenters. The van der Waals surface area contributed by atoms with E-state index in [2.05, 4.69) is 5.32 Å². The van der Waals surface area contributed by atoms with Gasteiger partial charge in [-0.05, 0) is 36.4 Å². The molecule has 0 radical (unpaired) electrons. The van der Waals surface area contributed by atoms with Crippen molar-refractivity contribution in [1.82, 2.24) is 4.31 Å². The van der Waals surface area contributed by atoms with E-state index in [1.54, 1.807) is 6.07 Å². The van der Waals surface area contributed by atoms with Gasteiger partial charge >= 0.3 is 0 Å². The van der Waals surface area contributed by atoms with Gasteiger partial charge in [-0.15, -0.1) is 0 Å². The van der Waals surface area contributed by atoms with Gasteiger partial charge in [-0.3, -0.25) is 4.79 Å². The number of hydrogen-bond donors (Lipinski definition) is 1. The number of halogens is 1. The minimum absolute atomic E-state index is 0.0736. The smallest absolute Gasteiger partial charge is 0.291 e. The van der Waals surface area contributed by atoms with E-state index in [-0.39, 0.29) is 41.1 Å². The number of carbonyl (C=O) groups is 1. The third-order valence-corrected chi connectivity index (χ3v) is 7.25. The first-order valence-corrected chi connectivity index (χ1v) is 11.7. The summed E-state index contributed by atoms with van der Waals surface area (Å²) in [5, 5.41) is 2.74. The molecule has 1 aromatic heterocycles. The Kier molecular flexibility index (Phi) is 6.80. The molecule has 1 aliphatic heterocycles. The number of benzene rings is 2. The third kappa shape index (κ3) is 4.97. The first kappa shape index (κ1) is 22.3. The monoisotopic (exact) mass is 476 g/mol. The summed E-state index contributed by atoms with van der Waals surface area (Å²) in [6.45, 7) is 1.26. The summed E-state index contributed by atoms with van der Waals surface area (Å²) in [7, 11) is -3.83. The zero-order chi connectivity index (χ0) is 22.6. The molecule has 1 fully saturated rings. The lowest BCUT2D eigenvalue weighted by molar-refractivity contribution is 0.0730. The molecule has 1 amide bonds. The number of furan rings is 1. The van der Waals surface area contributed by atoms with Crippen LogP contribution < -0.4 is 10.1 Å². The molecular weight excluding hydrogens is 456 g/mol.